The van der Waals surface area contributed by atoms with Crippen molar-refractivity contribution in [3.8, 4) is 0 Å². The van der Waals surface area contributed by atoms with Gasteiger partial charge in [0.15, 0.2) is 0 Å². The van der Waals surface area contributed by atoms with Crippen LogP contribution in [0.4, 0.5) is 8.78 Å². The lowest BCUT2D eigenvalue weighted by Crippen LogP contribution is -2.11. The van der Waals surface area contributed by atoms with Gasteiger partial charge in [-0.2, -0.15) is 0 Å². The summed E-state index contributed by atoms with van der Waals surface area (Å²) in [6, 6.07) is 3.66. The lowest BCUT2D eigenvalue weighted by molar-refractivity contribution is 0.0996. The van der Waals surface area contributed by atoms with Crippen LogP contribution in [-0.4, -0.2) is 15.5 Å². The molecule has 0 aliphatic rings. The topological polar surface area (TPSA) is 60.9 Å². The van der Waals surface area contributed by atoms with E-state index in [1.165, 1.54) is 29.0 Å². The number of halogens is 2. The molecule has 18 heavy (non-hydrogen) atoms. The van der Waals surface area contributed by atoms with Gasteiger partial charge in [-0.1, -0.05) is 6.07 Å². The standard InChI is InChI=1S/C12H11F2N3O/c1-7-16-11(12(15)18)6-17(7)5-8-9(13)3-2-4-10(8)14/h2-4,6H,5H2,1H3,(H2,15,18). The van der Waals surface area contributed by atoms with Crippen molar-refractivity contribution in [2.75, 3.05) is 0 Å². The van der Waals surface area contributed by atoms with Crippen molar-refractivity contribution in [2.45, 2.75) is 13.5 Å². The maximum Gasteiger partial charge on any atom is 0.268 e. The summed E-state index contributed by atoms with van der Waals surface area (Å²) >= 11 is 0. The number of carbonyl (C=O) groups excluding carboxylic acids is 1. The van der Waals surface area contributed by atoms with Crippen molar-refractivity contribution in [3.63, 3.8) is 0 Å². The monoisotopic (exact) mass is 251 g/mol. The number of carbonyl (C=O) groups is 1. The molecule has 1 heterocycles. The van der Waals surface area contributed by atoms with Crippen LogP contribution in [0, 0.1) is 18.6 Å². The summed E-state index contributed by atoms with van der Waals surface area (Å²) < 4.78 is 28.4. The summed E-state index contributed by atoms with van der Waals surface area (Å²) in [5.41, 5.74) is 5.08. The molecule has 0 unspecified atom stereocenters. The third-order valence-corrected chi connectivity index (χ3v) is 2.62. The molecule has 0 saturated carbocycles. The van der Waals surface area contributed by atoms with E-state index in [1.54, 1.807) is 6.92 Å². The van der Waals surface area contributed by atoms with Crippen LogP contribution in [0.25, 0.3) is 0 Å². The van der Waals surface area contributed by atoms with Crippen molar-refractivity contribution in [1.82, 2.24) is 9.55 Å². The number of amides is 1. The fraction of sp³-hybridized carbons (Fsp3) is 0.167. The molecule has 0 fully saturated rings. The number of hydrogen-bond acceptors (Lipinski definition) is 2. The molecule has 0 radical (unpaired) electrons. The maximum absolute atomic E-state index is 13.5. The Hall–Kier alpha value is -2.24. The number of nitrogens with two attached hydrogens (primary N) is 1. The molecule has 0 bridgehead atoms. The van der Waals surface area contributed by atoms with Gasteiger partial charge in [-0.25, -0.2) is 13.8 Å². The van der Waals surface area contributed by atoms with Crippen molar-refractivity contribution >= 4 is 5.91 Å². The first-order valence-corrected chi connectivity index (χ1v) is 5.25. The molecule has 94 valence electrons. The lowest BCUT2D eigenvalue weighted by atomic mass is 10.2. The highest BCUT2D eigenvalue weighted by molar-refractivity contribution is 5.90. The molecule has 2 N–H and O–H groups in total. The van der Waals surface area contributed by atoms with Gasteiger partial charge in [0.1, 0.15) is 23.2 Å². The largest absolute Gasteiger partial charge is 0.364 e. The molecule has 6 heteroatoms. The SMILES string of the molecule is Cc1nc(C(N)=O)cn1Cc1c(F)cccc1F. The number of aryl methyl sites for hydroxylation is 1. The molecule has 1 aromatic heterocycles. The Morgan fingerprint density at radius 1 is 1.39 bits per heavy atom. The van der Waals surface area contributed by atoms with Crippen LogP contribution in [-0.2, 0) is 6.54 Å². The molecule has 0 spiro atoms. The van der Waals surface area contributed by atoms with E-state index in [0.717, 1.165) is 0 Å². The first-order valence-electron chi connectivity index (χ1n) is 5.25. The zero-order chi connectivity index (χ0) is 13.3. The summed E-state index contributed by atoms with van der Waals surface area (Å²) in [6.45, 7) is 1.59. The predicted octanol–water partition coefficient (Wildman–Crippen LogP) is 1.62. The Labute approximate surface area is 102 Å². The van der Waals surface area contributed by atoms with Crippen LogP contribution in [0.5, 0.6) is 0 Å². The van der Waals surface area contributed by atoms with Crippen LogP contribution < -0.4 is 5.73 Å². The van der Waals surface area contributed by atoms with E-state index >= 15 is 0 Å². The van der Waals surface area contributed by atoms with E-state index < -0.39 is 17.5 Å². The van der Waals surface area contributed by atoms with Crippen molar-refractivity contribution in [3.05, 3.63) is 53.1 Å². The fourth-order valence-corrected chi connectivity index (χ4v) is 1.64. The number of primary amides is 1. The Balaban J connectivity index is 2.37. The summed E-state index contributed by atoms with van der Waals surface area (Å²) in [4.78, 5) is 14.9. The summed E-state index contributed by atoms with van der Waals surface area (Å²) in [7, 11) is 0. The van der Waals surface area contributed by atoms with Crippen LogP contribution in [0.2, 0.25) is 0 Å². The first kappa shape index (κ1) is 12.2. The van der Waals surface area contributed by atoms with E-state index in [-0.39, 0.29) is 17.8 Å². The third kappa shape index (κ3) is 2.22. The van der Waals surface area contributed by atoms with E-state index in [2.05, 4.69) is 4.98 Å². The van der Waals surface area contributed by atoms with E-state index in [9.17, 15) is 13.6 Å². The Morgan fingerprint density at radius 2 is 2.00 bits per heavy atom. The molecular formula is C12H11F2N3O. The minimum atomic E-state index is -0.675. The van der Waals surface area contributed by atoms with Gasteiger partial charge in [0.2, 0.25) is 0 Å². The van der Waals surface area contributed by atoms with E-state index in [4.69, 9.17) is 5.73 Å². The Bertz CT molecular complexity index is 587. The number of hydrogen-bond donors (Lipinski definition) is 1. The highest BCUT2D eigenvalue weighted by Crippen LogP contribution is 2.15. The highest BCUT2D eigenvalue weighted by Gasteiger charge is 2.13. The van der Waals surface area contributed by atoms with Crippen molar-refractivity contribution in [1.29, 1.82) is 0 Å². The van der Waals surface area contributed by atoms with E-state index in [0.29, 0.717) is 5.82 Å². The van der Waals surface area contributed by atoms with Gasteiger partial charge in [-0.3, -0.25) is 4.79 Å². The molecule has 0 aliphatic carbocycles. The first-order chi connectivity index (χ1) is 8.49. The Kier molecular flexibility index (Phi) is 3.10. The number of imidazole rings is 1. The second-order valence-corrected chi connectivity index (χ2v) is 3.87. The molecule has 0 saturated heterocycles. The van der Waals surface area contributed by atoms with Gasteiger partial charge in [0, 0.05) is 11.8 Å². The van der Waals surface area contributed by atoms with Crippen LogP contribution in [0.1, 0.15) is 21.9 Å². The minimum Gasteiger partial charge on any atom is -0.364 e. The number of nitrogens with zero attached hydrogens (tertiary/aromatic N) is 2. The third-order valence-electron chi connectivity index (χ3n) is 2.62. The molecule has 4 nitrogen and oxygen atoms in total. The second-order valence-electron chi connectivity index (χ2n) is 3.87. The molecule has 1 amide bonds. The average Bonchev–Trinajstić information content (AvgIpc) is 2.66. The average molecular weight is 251 g/mol. The van der Waals surface area contributed by atoms with Gasteiger partial charge >= 0.3 is 0 Å². The molecule has 2 rings (SSSR count). The van der Waals surface area contributed by atoms with Crippen molar-refractivity contribution < 1.29 is 13.6 Å². The zero-order valence-corrected chi connectivity index (χ0v) is 9.65. The molecule has 0 atom stereocenters. The van der Waals surface area contributed by atoms with Gasteiger partial charge in [-0.05, 0) is 19.1 Å². The molecular weight excluding hydrogens is 240 g/mol. The molecule has 0 aliphatic heterocycles. The highest BCUT2D eigenvalue weighted by atomic mass is 19.1. The minimum absolute atomic E-state index is 0.0371. The number of benzene rings is 1. The predicted molar refractivity (Wildman–Crippen MR) is 60.9 cm³/mol. The molecule has 2 aromatic rings. The van der Waals surface area contributed by atoms with Gasteiger partial charge in [0.25, 0.3) is 5.91 Å². The van der Waals surface area contributed by atoms with Crippen LogP contribution in [0.15, 0.2) is 24.4 Å². The summed E-state index contributed by atoms with van der Waals surface area (Å²) in [6.07, 6.45) is 1.38. The number of rotatable bonds is 3. The zero-order valence-electron chi connectivity index (χ0n) is 9.65. The van der Waals surface area contributed by atoms with Gasteiger partial charge in [-0.15, -0.1) is 0 Å². The quantitative estimate of drug-likeness (QED) is 0.901. The smallest absolute Gasteiger partial charge is 0.268 e. The fourth-order valence-electron chi connectivity index (χ4n) is 1.64. The van der Waals surface area contributed by atoms with Crippen LogP contribution in [0.3, 0.4) is 0 Å². The lowest BCUT2D eigenvalue weighted by Gasteiger charge is -2.07. The normalized spacial score (nSPS) is 10.6. The van der Waals surface area contributed by atoms with Crippen molar-refractivity contribution in [2.24, 2.45) is 5.73 Å². The summed E-state index contributed by atoms with van der Waals surface area (Å²) in [5, 5.41) is 0. The molecule has 1 aromatic carbocycles. The second kappa shape index (κ2) is 4.56. The van der Waals surface area contributed by atoms with E-state index in [1.807, 2.05) is 0 Å². The number of aromatic nitrogens is 2. The van der Waals surface area contributed by atoms with Crippen LogP contribution >= 0.6 is 0 Å². The summed E-state index contributed by atoms with van der Waals surface area (Å²) in [5.74, 6) is -1.48. The van der Waals surface area contributed by atoms with Gasteiger partial charge < -0.3 is 10.3 Å². The Morgan fingerprint density at radius 3 is 2.50 bits per heavy atom. The maximum atomic E-state index is 13.5. The van der Waals surface area contributed by atoms with Gasteiger partial charge in [0.05, 0.1) is 6.54 Å².